The number of nitrogens with zero attached hydrogens (tertiary/aromatic N) is 1. The molecular weight excluding hydrogens is 494 g/mol. The molecule has 4 rings (SSSR count). The number of phenolic OH excluding ortho intramolecular Hbond substituents is 1. The Kier molecular flexibility index (Phi) is 6.05. The first-order valence-electron chi connectivity index (χ1n) is 9.71. The van der Waals surface area contributed by atoms with E-state index in [0.29, 0.717) is 0 Å². The number of alkyl halides is 3. The number of amides is 1. The van der Waals surface area contributed by atoms with Crippen LogP contribution in [0.15, 0.2) is 72.3 Å². The summed E-state index contributed by atoms with van der Waals surface area (Å²) in [4.78, 5) is 27.0. The van der Waals surface area contributed by atoms with E-state index in [2.05, 4.69) is 0 Å². The average molecular weight is 508 g/mol. The molecule has 1 heterocycles. The van der Waals surface area contributed by atoms with Crippen molar-refractivity contribution in [1.29, 1.82) is 0 Å². The molecular formula is C24H14Cl2F3NO4. The van der Waals surface area contributed by atoms with Gasteiger partial charge in [0, 0.05) is 11.3 Å². The van der Waals surface area contributed by atoms with Crippen LogP contribution in [0.4, 0.5) is 18.9 Å². The lowest BCUT2D eigenvalue weighted by atomic mass is 9.95. The smallest absolute Gasteiger partial charge is 0.416 e. The number of aliphatic hydroxyl groups excluding tert-OH is 1. The van der Waals surface area contributed by atoms with Gasteiger partial charge in [-0.05, 0) is 60.2 Å². The molecule has 174 valence electrons. The number of carbonyl (C=O) groups excluding carboxylic acids is 2. The Morgan fingerprint density at radius 2 is 1.59 bits per heavy atom. The first-order chi connectivity index (χ1) is 16.0. The molecule has 0 saturated carbocycles. The highest BCUT2D eigenvalue weighted by Gasteiger charge is 2.47. The quantitative estimate of drug-likeness (QED) is 0.246. The monoisotopic (exact) mass is 507 g/mol. The summed E-state index contributed by atoms with van der Waals surface area (Å²) in [5.41, 5.74) is -0.909. The second kappa shape index (κ2) is 8.70. The zero-order chi connectivity index (χ0) is 24.8. The lowest BCUT2D eigenvalue weighted by Crippen LogP contribution is -2.29. The van der Waals surface area contributed by atoms with Gasteiger partial charge in [-0.3, -0.25) is 14.5 Å². The van der Waals surface area contributed by atoms with Crippen LogP contribution in [0.5, 0.6) is 5.75 Å². The van der Waals surface area contributed by atoms with Gasteiger partial charge in [-0.1, -0.05) is 35.3 Å². The third-order valence-corrected chi connectivity index (χ3v) is 6.04. The first-order valence-corrected chi connectivity index (χ1v) is 10.5. The number of hydrogen-bond donors (Lipinski definition) is 2. The summed E-state index contributed by atoms with van der Waals surface area (Å²) in [6.07, 6.45) is -4.59. The molecule has 1 aliphatic heterocycles. The standard InChI is InChI=1S/C24H14Cl2F3NO4/c25-17-9-4-13(11-18(17)26)21(32)19-20(12-2-1-3-16(31)10-12)30(23(34)22(19)33)15-7-5-14(6-8-15)24(27,28)29/h1-11,20,31-32H/b21-19-. The van der Waals surface area contributed by atoms with E-state index >= 15 is 0 Å². The van der Waals surface area contributed by atoms with E-state index in [1.165, 1.54) is 42.5 Å². The van der Waals surface area contributed by atoms with Crippen LogP contribution in [0.1, 0.15) is 22.7 Å². The van der Waals surface area contributed by atoms with Gasteiger partial charge in [-0.25, -0.2) is 0 Å². The van der Waals surface area contributed by atoms with Crippen molar-refractivity contribution in [1.82, 2.24) is 0 Å². The normalized spacial score (nSPS) is 17.9. The molecule has 5 nitrogen and oxygen atoms in total. The number of ketones is 1. The van der Waals surface area contributed by atoms with Crippen molar-refractivity contribution in [2.24, 2.45) is 0 Å². The van der Waals surface area contributed by atoms with Crippen molar-refractivity contribution in [3.63, 3.8) is 0 Å². The van der Waals surface area contributed by atoms with Gasteiger partial charge >= 0.3 is 6.18 Å². The molecule has 0 bridgehead atoms. The van der Waals surface area contributed by atoms with Crippen molar-refractivity contribution < 1.29 is 33.0 Å². The maximum absolute atomic E-state index is 13.0. The van der Waals surface area contributed by atoms with E-state index in [0.717, 1.165) is 29.2 Å². The van der Waals surface area contributed by atoms with Gasteiger partial charge in [0.15, 0.2) is 0 Å². The van der Waals surface area contributed by atoms with Crippen LogP contribution < -0.4 is 4.90 Å². The lowest BCUT2D eigenvalue weighted by molar-refractivity contribution is -0.137. The van der Waals surface area contributed by atoms with Crippen LogP contribution in [0.25, 0.3) is 5.76 Å². The highest BCUT2D eigenvalue weighted by Crippen LogP contribution is 2.43. The zero-order valence-electron chi connectivity index (χ0n) is 17.0. The topological polar surface area (TPSA) is 77.8 Å². The second-order valence-corrected chi connectivity index (χ2v) is 8.25. The van der Waals surface area contributed by atoms with Crippen LogP contribution in [-0.4, -0.2) is 21.9 Å². The average Bonchev–Trinajstić information content (AvgIpc) is 3.05. The molecule has 0 aliphatic carbocycles. The van der Waals surface area contributed by atoms with Crippen LogP contribution in [0.3, 0.4) is 0 Å². The molecule has 34 heavy (non-hydrogen) atoms. The molecule has 1 saturated heterocycles. The van der Waals surface area contributed by atoms with Crippen LogP contribution in [-0.2, 0) is 15.8 Å². The van der Waals surface area contributed by atoms with E-state index in [9.17, 15) is 33.0 Å². The number of Topliss-reactive ketones (excluding diaryl/α,β-unsaturated/α-hetero) is 1. The largest absolute Gasteiger partial charge is 0.508 e. The van der Waals surface area contributed by atoms with Crippen molar-refractivity contribution >= 4 is 46.3 Å². The molecule has 3 aromatic carbocycles. The number of aliphatic hydroxyl groups is 1. The SMILES string of the molecule is O=C1C(=O)N(c2ccc(C(F)(F)F)cc2)C(c2cccc(O)c2)/C1=C(/O)c1ccc(Cl)c(Cl)c1. The minimum atomic E-state index is -4.59. The van der Waals surface area contributed by atoms with Crippen molar-refractivity contribution in [2.75, 3.05) is 4.90 Å². The fraction of sp³-hybridized carbons (Fsp3) is 0.0833. The molecule has 2 N–H and O–H groups in total. The van der Waals surface area contributed by atoms with Crippen LogP contribution in [0, 0.1) is 0 Å². The molecule has 10 heteroatoms. The number of hydrogen-bond acceptors (Lipinski definition) is 4. The van der Waals surface area contributed by atoms with Crippen molar-refractivity contribution in [3.05, 3.63) is 99.0 Å². The molecule has 3 aromatic rings. The van der Waals surface area contributed by atoms with Crippen molar-refractivity contribution in [2.45, 2.75) is 12.2 Å². The number of anilines is 1. The van der Waals surface area contributed by atoms with E-state index in [1.54, 1.807) is 0 Å². The highest BCUT2D eigenvalue weighted by molar-refractivity contribution is 6.51. The van der Waals surface area contributed by atoms with E-state index < -0.39 is 35.2 Å². The minimum Gasteiger partial charge on any atom is -0.508 e. The fourth-order valence-electron chi connectivity index (χ4n) is 3.72. The Labute approximate surface area is 201 Å². The predicted octanol–water partition coefficient (Wildman–Crippen LogP) is 6.34. The fourth-order valence-corrected chi connectivity index (χ4v) is 4.02. The van der Waals surface area contributed by atoms with Gasteiger partial charge in [0.2, 0.25) is 0 Å². The predicted molar refractivity (Wildman–Crippen MR) is 121 cm³/mol. The Bertz CT molecular complexity index is 1340. The van der Waals surface area contributed by atoms with Gasteiger partial charge in [0.05, 0.1) is 27.2 Å². The first kappa shape index (κ1) is 23.7. The van der Waals surface area contributed by atoms with Crippen LogP contribution in [0.2, 0.25) is 10.0 Å². The summed E-state index contributed by atoms with van der Waals surface area (Å²) >= 11 is 11.9. The van der Waals surface area contributed by atoms with Crippen molar-refractivity contribution in [3.8, 4) is 5.75 Å². The number of aromatic hydroxyl groups is 1. The summed E-state index contributed by atoms with van der Waals surface area (Å²) in [5.74, 6) is -2.85. The zero-order valence-corrected chi connectivity index (χ0v) is 18.5. The number of benzene rings is 3. The van der Waals surface area contributed by atoms with Gasteiger partial charge in [-0.15, -0.1) is 0 Å². The van der Waals surface area contributed by atoms with E-state index in [1.807, 2.05) is 0 Å². The summed E-state index contributed by atoms with van der Waals surface area (Å²) in [5, 5.41) is 21.3. The molecule has 0 radical (unpaired) electrons. The summed E-state index contributed by atoms with van der Waals surface area (Å²) in [7, 11) is 0. The van der Waals surface area contributed by atoms with E-state index in [-0.39, 0.29) is 38.2 Å². The van der Waals surface area contributed by atoms with Crippen LogP contribution >= 0.6 is 23.2 Å². The summed E-state index contributed by atoms with van der Waals surface area (Å²) < 4.78 is 39.0. The number of rotatable bonds is 3. The molecule has 1 aliphatic rings. The van der Waals surface area contributed by atoms with Gasteiger partial charge in [-0.2, -0.15) is 13.2 Å². The molecule has 0 aromatic heterocycles. The number of halogens is 5. The lowest BCUT2D eigenvalue weighted by Gasteiger charge is -2.26. The van der Waals surface area contributed by atoms with Gasteiger partial charge < -0.3 is 10.2 Å². The Hall–Kier alpha value is -3.49. The molecule has 0 spiro atoms. The Morgan fingerprint density at radius 1 is 0.912 bits per heavy atom. The maximum Gasteiger partial charge on any atom is 0.416 e. The summed E-state index contributed by atoms with van der Waals surface area (Å²) in [6, 6.07) is 12.2. The minimum absolute atomic E-state index is 0.00312. The summed E-state index contributed by atoms with van der Waals surface area (Å²) in [6.45, 7) is 0. The number of carbonyl (C=O) groups is 2. The molecule has 1 amide bonds. The van der Waals surface area contributed by atoms with Gasteiger partial charge in [0.25, 0.3) is 11.7 Å². The highest BCUT2D eigenvalue weighted by atomic mass is 35.5. The molecule has 1 unspecified atom stereocenters. The number of phenols is 1. The van der Waals surface area contributed by atoms with Gasteiger partial charge in [0.1, 0.15) is 11.5 Å². The Balaban J connectivity index is 1.92. The van der Waals surface area contributed by atoms with E-state index in [4.69, 9.17) is 23.2 Å². The third-order valence-electron chi connectivity index (χ3n) is 5.30. The molecule has 1 atom stereocenters. The Morgan fingerprint density at radius 3 is 2.18 bits per heavy atom. The second-order valence-electron chi connectivity index (χ2n) is 7.44. The maximum atomic E-state index is 13.0. The third kappa shape index (κ3) is 4.22. The molecule has 1 fully saturated rings.